The Morgan fingerprint density at radius 2 is 1.84 bits per heavy atom. The average molecular weight is 666 g/mol. The molecule has 49 heavy (non-hydrogen) atoms. The fourth-order valence-corrected chi connectivity index (χ4v) is 8.76. The molecule has 12 nitrogen and oxygen atoms in total. The molecule has 2 bridgehead atoms. The maximum absolute atomic E-state index is 14.4. The van der Waals surface area contributed by atoms with Crippen LogP contribution in [0.5, 0.6) is 5.75 Å². The Labute approximate surface area is 284 Å². The summed E-state index contributed by atoms with van der Waals surface area (Å²) in [5.41, 5.74) is 2.74. The molecule has 4 heterocycles. The second-order valence-electron chi connectivity index (χ2n) is 14.4. The Morgan fingerprint density at radius 1 is 1.06 bits per heavy atom. The first-order valence-electron chi connectivity index (χ1n) is 17.4. The molecule has 4 N–H and O–H groups in total. The van der Waals surface area contributed by atoms with Crippen LogP contribution in [0.25, 0.3) is 11.0 Å². The molecule has 4 fully saturated rings. The minimum Gasteiger partial charge on any atom is -0.490 e. The number of nitrogens with one attached hydrogen (secondary N) is 4. The van der Waals surface area contributed by atoms with Gasteiger partial charge in [0.1, 0.15) is 29.4 Å². The Hall–Kier alpha value is -4.71. The van der Waals surface area contributed by atoms with Gasteiger partial charge in [-0.1, -0.05) is 24.3 Å². The highest BCUT2D eigenvalue weighted by Gasteiger charge is 2.63. The van der Waals surface area contributed by atoms with E-state index in [1.54, 1.807) is 24.0 Å². The van der Waals surface area contributed by atoms with E-state index in [9.17, 15) is 14.4 Å². The summed E-state index contributed by atoms with van der Waals surface area (Å²) < 4.78 is 13.5. The van der Waals surface area contributed by atoms with Crippen LogP contribution in [0.3, 0.4) is 0 Å². The Bertz CT molecular complexity index is 1910. The lowest BCUT2D eigenvalue weighted by molar-refractivity contribution is -0.162. The number of fused-ring (bicyclic) bond motifs is 2. The molecule has 4 aromatic rings. The van der Waals surface area contributed by atoms with Gasteiger partial charge in [0.25, 0.3) is 5.91 Å². The lowest BCUT2D eigenvalue weighted by atomic mass is 9.41. The number of carbonyl (C=O) groups is 3. The van der Waals surface area contributed by atoms with Gasteiger partial charge in [0.2, 0.25) is 11.8 Å². The topological polar surface area (TPSA) is 152 Å². The predicted octanol–water partition coefficient (Wildman–Crippen LogP) is 3.80. The van der Waals surface area contributed by atoms with E-state index in [1.807, 2.05) is 56.3 Å². The minimum absolute atomic E-state index is 0.101. The molecule has 2 aromatic heterocycles. The number of para-hydroxylation sites is 1. The van der Waals surface area contributed by atoms with E-state index in [0.29, 0.717) is 50.0 Å². The fourth-order valence-electron chi connectivity index (χ4n) is 8.76. The lowest BCUT2D eigenvalue weighted by Crippen LogP contribution is -2.69. The molecule has 12 heteroatoms. The molecule has 2 aromatic carbocycles. The summed E-state index contributed by atoms with van der Waals surface area (Å²) >= 11 is 0. The van der Waals surface area contributed by atoms with E-state index >= 15 is 0 Å². The van der Waals surface area contributed by atoms with Crippen LogP contribution >= 0.6 is 0 Å². The fraction of sp³-hybridized carbons (Fsp3) is 0.486. The number of hydrogen-bond acceptors (Lipinski definition) is 7. The predicted molar refractivity (Wildman–Crippen MR) is 181 cm³/mol. The van der Waals surface area contributed by atoms with Crippen LogP contribution in [-0.2, 0) is 26.8 Å². The van der Waals surface area contributed by atoms with Crippen molar-refractivity contribution in [2.75, 3.05) is 19.8 Å². The number of likely N-dealkylation sites (N-methyl/N-ethyl adjacent to an activating group) is 1. The Balaban J connectivity index is 1.14. The first-order chi connectivity index (χ1) is 23.7. The minimum atomic E-state index is -0.869. The van der Waals surface area contributed by atoms with Gasteiger partial charge in [0.15, 0.2) is 0 Å². The van der Waals surface area contributed by atoms with Crippen molar-refractivity contribution in [1.29, 1.82) is 0 Å². The monoisotopic (exact) mass is 665 g/mol. The smallest absolute Gasteiger partial charge is 0.270 e. The van der Waals surface area contributed by atoms with Gasteiger partial charge < -0.3 is 30.4 Å². The summed E-state index contributed by atoms with van der Waals surface area (Å²) in [7, 11) is 1.73. The van der Waals surface area contributed by atoms with E-state index in [-0.39, 0.29) is 35.2 Å². The number of benzene rings is 2. The van der Waals surface area contributed by atoms with Gasteiger partial charge in [-0.3, -0.25) is 19.1 Å². The normalized spacial score (nSPS) is 26.0. The van der Waals surface area contributed by atoms with Crippen LogP contribution in [0.2, 0.25) is 0 Å². The first kappa shape index (κ1) is 31.6. The van der Waals surface area contributed by atoms with Crippen LogP contribution in [0.4, 0.5) is 0 Å². The highest BCUT2D eigenvalue weighted by Crippen LogP contribution is 2.66. The van der Waals surface area contributed by atoms with Gasteiger partial charge in [0.05, 0.1) is 28.4 Å². The van der Waals surface area contributed by atoms with Crippen molar-refractivity contribution >= 4 is 28.8 Å². The zero-order chi connectivity index (χ0) is 33.9. The van der Waals surface area contributed by atoms with Crippen molar-refractivity contribution in [1.82, 2.24) is 35.7 Å². The van der Waals surface area contributed by atoms with Gasteiger partial charge in [0, 0.05) is 44.0 Å². The number of imidazole rings is 1. The molecule has 256 valence electrons. The number of aromatic amines is 1. The number of H-pyrrole nitrogens is 1. The summed E-state index contributed by atoms with van der Waals surface area (Å²) in [5, 5.41) is 13.6. The molecule has 1 unspecified atom stereocenters. The van der Waals surface area contributed by atoms with Crippen LogP contribution in [0.1, 0.15) is 85.4 Å². The lowest BCUT2D eigenvalue weighted by Gasteiger charge is -2.64. The number of rotatable bonds is 10. The van der Waals surface area contributed by atoms with E-state index in [1.165, 1.54) is 0 Å². The highest BCUT2D eigenvalue weighted by molar-refractivity contribution is 5.95. The van der Waals surface area contributed by atoms with Crippen molar-refractivity contribution in [3.63, 3.8) is 0 Å². The van der Waals surface area contributed by atoms with Gasteiger partial charge >= 0.3 is 0 Å². The zero-order valence-electron chi connectivity index (χ0n) is 28.1. The number of aromatic nitrogens is 4. The van der Waals surface area contributed by atoms with E-state index < -0.39 is 17.5 Å². The van der Waals surface area contributed by atoms with Crippen molar-refractivity contribution < 1.29 is 23.9 Å². The standard InChI is InChI=1S/C37H43N7O5/c1-4-38-34(46)31(36-18-22(19-36)20-36)43-35(47)37(12-15-48-16-13-37)23-9-10-25-26(17-23)41-32(40-25)30(42-33(45)27-11-14-39-44(27)3)29-21(2)49-28-8-6-5-7-24(28)29/h5-11,14,17,21-22,29-31H,4,12-13,15-16,18-20H2,1-3H3,(H,38,46)(H,40,41)(H,42,45)(H,43,47)/t21?,22?,29-,30+,31+,36?/m1/s1. The Kier molecular flexibility index (Phi) is 7.73. The van der Waals surface area contributed by atoms with Gasteiger partial charge in [-0.15, -0.1) is 0 Å². The third-order valence-corrected chi connectivity index (χ3v) is 11.5. The molecular weight excluding hydrogens is 622 g/mol. The van der Waals surface area contributed by atoms with Gasteiger partial charge in [-0.05, 0) is 81.7 Å². The molecular formula is C37H43N7O5. The summed E-state index contributed by atoms with van der Waals surface area (Å²) in [6.07, 6.45) is 5.33. The molecule has 3 aliphatic carbocycles. The molecule has 3 saturated carbocycles. The molecule has 4 atom stereocenters. The van der Waals surface area contributed by atoms with Crippen molar-refractivity contribution in [2.45, 2.75) is 75.5 Å². The van der Waals surface area contributed by atoms with Crippen molar-refractivity contribution in [2.24, 2.45) is 18.4 Å². The van der Waals surface area contributed by atoms with Gasteiger partial charge in [-0.25, -0.2) is 4.98 Å². The number of nitrogens with zero attached hydrogens (tertiary/aromatic N) is 3. The third-order valence-electron chi connectivity index (χ3n) is 11.5. The summed E-state index contributed by atoms with van der Waals surface area (Å²) in [6.45, 7) is 5.31. The largest absolute Gasteiger partial charge is 0.490 e. The molecule has 5 aliphatic rings. The number of hydrogen-bond donors (Lipinski definition) is 4. The quantitative estimate of drug-likeness (QED) is 0.201. The number of amides is 3. The number of aryl methyl sites for hydroxylation is 1. The van der Waals surface area contributed by atoms with Crippen molar-refractivity contribution in [3.8, 4) is 5.75 Å². The number of ether oxygens (including phenoxy) is 2. The summed E-state index contributed by atoms with van der Waals surface area (Å²) in [4.78, 5) is 49.9. The van der Waals surface area contributed by atoms with Crippen LogP contribution in [0.15, 0.2) is 54.7 Å². The molecule has 1 saturated heterocycles. The van der Waals surface area contributed by atoms with Gasteiger partial charge in [-0.2, -0.15) is 5.10 Å². The summed E-state index contributed by atoms with van der Waals surface area (Å²) in [6, 6.07) is 14.4. The molecule has 0 spiro atoms. The van der Waals surface area contributed by atoms with Crippen molar-refractivity contribution in [3.05, 3.63) is 77.4 Å². The number of carbonyl (C=O) groups excluding carboxylic acids is 3. The maximum atomic E-state index is 14.4. The van der Waals surface area contributed by atoms with Crippen LogP contribution in [0, 0.1) is 11.3 Å². The SMILES string of the molecule is CCNC(=O)[C@H](NC(=O)C1(c2ccc3nc([C@@H](NC(=O)c4ccnn4C)[C@H]4c5ccccc5OC4C)[nH]c3c2)CCOCC1)C12CC(C1)C2. The molecule has 0 radical (unpaired) electrons. The van der Waals surface area contributed by atoms with E-state index in [4.69, 9.17) is 14.5 Å². The first-order valence-corrected chi connectivity index (χ1v) is 17.4. The maximum Gasteiger partial charge on any atom is 0.270 e. The van der Waals surface area contributed by atoms with Crippen LogP contribution < -0.4 is 20.7 Å². The average Bonchev–Trinajstić information content (AvgIpc) is 3.77. The summed E-state index contributed by atoms with van der Waals surface area (Å²) in [5.74, 6) is 1.32. The van der Waals surface area contributed by atoms with Crippen LogP contribution in [-0.4, -0.2) is 69.4 Å². The van der Waals surface area contributed by atoms with E-state index in [2.05, 4.69) is 26.0 Å². The van der Waals surface area contributed by atoms with E-state index in [0.717, 1.165) is 47.2 Å². The molecule has 2 aliphatic heterocycles. The molecule has 9 rings (SSSR count). The Morgan fingerprint density at radius 3 is 2.53 bits per heavy atom. The second kappa shape index (κ2) is 12.0. The molecule has 3 amide bonds. The third kappa shape index (κ3) is 5.19. The zero-order valence-corrected chi connectivity index (χ0v) is 28.1. The highest BCUT2D eigenvalue weighted by atomic mass is 16.5. The second-order valence-corrected chi connectivity index (χ2v) is 14.4.